The second-order valence-electron chi connectivity index (χ2n) is 1.76. The number of rotatable bonds is 1. The van der Waals surface area contributed by atoms with E-state index in [1.807, 2.05) is 0 Å². The average Bonchev–Trinajstić information content (AvgIpc) is 1.83. The van der Waals surface area contributed by atoms with Crippen LogP contribution < -0.4 is 0 Å². The van der Waals surface area contributed by atoms with E-state index < -0.39 is 20.6 Å². The Kier molecular flexibility index (Phi) is 2.51. The maximum absolute atomic E-state index is 11.5. The minimum Gasteiger partial charge on any atom is -0.218 e. The van der Waals surface area contributed by atoms with Crippen molar-refractivity contribution in [2.24, 2.45) is 0 Å². The Morgan fingerprint density at radius 1 is 1.45 bits per heavy atom. The van der Waals surface area contributed by atoms with Gasteiger partial charge in [-0.2, -0.15) is 18.4 Å². The molecular formula is C4H4F3NO2S. The molecule has 1 unspecified atom stereocenters. The zero-order valence-electron chi connectivity index (χ0n) is 5.38. The van der Waals surface area contributed by atoms with Gasteiger partial charge in [0.15, 0.2) is 5.25 Å². The molecule has 1 atom stereocenters. The fraction of sp³-hybridized carbons (Fsp3) is 0.750. The van der Waals surface area contributed by atoms with Crippen LogP contribution in [0, 0.1) is 11.3 Å². The molecular weight excluding hydrogens is 183 g/mol. The highest BCUT2D eigenvalue weighted by Crippen LogP contribution is 2.26. The Balaban J connectivity index is 4.96. The van der Waals surface area contributed by atoms with Gasteiger partial charge in [0.25, 0.3) is 9.84 Å². The minimum absolute atomic E-state index is 0.683. The van der Waals surface area contributed by atoms with Gasteiger partial charge in [0, 0.05) is 0 Å². The molecule has 0 saturated carbocycles. The molecule has 0 spiro atoms. The number of nitrogens with zero attached hydrogens (tertiary/aromatic N) is 1. The molecule has 0 saturated heterocycles. The summed E-state index contributed by atoms with van der Waals surface area (Å²) in [6.45, 7) is 0.683. The lowest BCUT2D eigenvalue weighted by Crippen LogP contribution is -2.31. The molecule has 0 aliphatic rings. The average molecular weight is 187 g/mol. The quantitative estimate of drug-likeness (QED) is 0.611. The molecule has 0 fully saturated rings. The topological polar surface area (TPSA) is 57.9 Å². The SMILES string of the molecule is CC(C#N)S(=O)(=O)C(F)(F)F. The Bertz CT molecular complexity index is 273. The van der Waals surface area contributed by atoms with Crippen LogP contribution in [0.1, 0.15) is 6.92 Å². The van der Waals surface area contributed by atoms with Crippen molar-refractivity contribution in [2.75, 3.05) is 0 Å². The summed E-state index contributed by atoms with van der Waals surface area (Å²) in [5, 5.41) is 5.87. The summed E-state index contributed by atoms with van der Waals surface area (Å²) in [4.78, 5) is 0. The number of hydrogen-bond donors (Lipinski definition) is 0. The third-order valence-corrected chi connectivity index (χ3v) is 2.65. The van der Waals surface area contributed by atoms with Crippen molar-refractivity contribution in [2.45, 2.75) is 17.7 Å². The van der Waals surface area contributed by atoms with Gasteiger partial charge in [-0.15, -0.1) is 0 Å². The predicted octanol–water partition coefficient (Wildman–Crippen LogP) is 0.833. The van der Waals surface area contributed by atoms with E-state index in [1.54, 1.807) is 0 Å². The number of nitriles is 1. The summed E-state index contributed by atoms with van der Waals surface area (Å²) >= 11 is 0. The number of alkyl halides is 3. The van der Waals surface area contributed by atoms with Crippen LogP contribution in [0.5, 0.6) is 0 Å². The van der Waals surface area contributed by atoms with Crippen molar-refractivity contribution in [1.82, 2.24) is 0 Å². The summed E-state index contributed by atoms with van der Waals surface area (Å²) in [6, 6.07) is 1.00. The van der Waals surface area contributed by atoms with Gasteiger partial charge < -0.3 is 0 Å². The smallest absolute Gasteiger partial charge is 0.218 e. The molecule has 0 aliphatic carbocycles. The molecule has 64 valence electrons. The highest BCUT2D eigenvalue weighted by atomic mass is 32.2. The van der Waals surface area contributed by atoms with Crippen LogP contribution >= 0.6 is 0 Å². The van der Waals surface area contributed by atoms with Crippen LogP contribution in [0.3, 0.4) is 0 Å². The third kappa shape index (κ3) is 1.83. The van der Waals surface area contributed by atoms with Crippen LogP contribution in [-0.2, 0) is 9.84 Å². The highest BCUT2D eigenvalue weighted by molar-refractivity contribution is 7.93. The first kappa shape index (κ1) is 10.2. The van der Waals surface area contributed by atoms with Gasteiger partial charge in [-0.25, -0.2) is 8.42 Å². The predicted molar refractivity (Wildman–Crippen MR) is 30.0 cm³/mol. The molecule has 0 bridgehead atoms. The van der Waals surface area contributed by atoms with Crippen molar-refractivity contribution < 1.29 is 21.6 Å². The summed E-state index contributed by atoms with van der Waals surface area (Å²) < 4.78 is 55.1. The molecule has 0 radical (unpaired) electrons. The van der Waals surface area contributed by atoms with Crippen LogP contribution in [-0.4, -0.2) is 19.2 Å². The Hall–Kier alpha value is -0.770. The molecule has 0 aromatic rings. The largest absolute Gasteiger partial charge is 0.498 e. The molecule has 0 aromatic carbocycles. The molecule has 7 heteroatoms. The zero-order chi connectivity index (χ0) is 9.28. The van der Waals surface area contributed by atoms with E-state index in [4.69, 9.17) is 5.26 Å². The minimum atomic E-state index is -5.33. The van der Waals surface area contributed by atoms with Gasteiger partial charge in [0.05, 0.1) is 6.07 Å². The third-order valence-electron chi connectivity index (χ3n) is 0.970. The summed E-state index contributed by atoms with van der Waals surface area (Å²) in [6.07, 6.45) is 0. The van der Waals surface area contributed by atoms with E-state index in [1.165, 1.54) is 0 Å². The fourth-order valence-corrected chi connectivity index (χ4v) is 0.809. The van der Waals surface area contributed by atoms with Crippen molar-refractivity contribution in [3.8, 4) is 6.07 Å². The molecule has 0 aromatic heterocycles. The molecule has 0 aliphatic heterocycles. The van der Waals surface area contributed by atoms with E-state index in [0.717, 1.165) is 6.07 Å². The molecule has 0 N–H and O–H groups in total. The maximum atomic E-state index is 11.5. The normalized spacial score (nSPS) is 15.5. The summed E-state index contributed by atoms with van der Waals surface area (Å²) in [7, 11) is -5.29. The van der Waals surface area contributed by atoms with E-state index in [2.05, 4.69) is 0 Å². The summed E-state index contributed by atoms with van der Waals surface area (Å²) in [5.41, 5.74) is -5.33. The van der Waals surface area contributed by atoms with Crippen molar-refractivity contribution in [3.05, 3.63) is 0 Å². The Morgan fingerprint density at radius 2 is 1.82 bits per heavy atom. The van der Waals surface area contributed by atoms with Gasteiger partial charge in [-0.1, -0.05) is 0 Å². The van der Waals surface area contributed by atoms with Crippen LogP contribution in [0.2, 0.25) is 0 Å². The van der Waals surface area contributed by atoms with Gasteiger partial charge in [0.1, 0.15) is 0 Å². The number of sulfone groups is 1. The second-order valence-corrected chi connectivity index (χ2v) is 4.02. The zero-order valence-corrected chi connectivity index (χ0v) is 6.20. The molecule has 3 nitrogen and oxygen atoms in total. The van der Waals surface area contributed by atoms with Gasteiger partial charge in [0.2, 0.25) is 0 Å². The first-order valence-electron chi connectivity index (χ1n) is 2.43. The number of hydrogen-bond acceptors (Lipinski definition) is 3. The lowest BCUT2D eigenvalue weighted by molar-refractivity contribution is -0.0439. The van der Waals surface area contributed by atoms with Crippen molar-refractivity contribution >= 4 is 9.84 Å². The number of halogens is 3. The summed E-state index contributed by atoms with van der Waals surface area (Å²) in [5.74, 6) is 0. The molecule has 0 heterocycles. The van der Waals surface area contributed by atoms with Crippen molar-refractivity contribution in [1.29, 1.82) is 5.26 Å². The lowest BCUT2D eigenvalue weighted by atomic mass is 10.5. The maximum Gasteiger partial charge on any atom is 0.498 e. The fourth-order valence-electron chi connectivity index (χ4n) is 0.270. The lowest BCUT2D eigenvalue weighted by Gasteiger charge is -2.07. The second kappa shape index (κ2) is 2.70. The van der Waals surface area contributed by atoms with E-state index in [-0.39, 0.29) is 0 Å². The van der Waals surface area contributed by atoms with Gasteiger partial charge >= 0.3 is 5.51 Å². The van der Waals surface area contributed by atoms with E-state index >= 15 is 0 Å². The van der Waals surface area contributed by atoms with Gasteiger partial charge in [-0.05, 0) is 6.92 Å². The standard InChI is InChI=1S/C4H4F3NO2S/c1-3(2-8)11(9,10)4(5,6)7/h3H,1H3. The van der Waals surface area contributed by atoms with Crippen LogP contribution in [0.4, 0.5) is 13.2 Å². The van der Waals surface area contributed by atoms with E-state index in [0.29, 0.717) is 6.92 Å². The van der Waals surface area contributed by atoms with E-state index in [9.17, 15) is 21.6 Å². The van der Waals surface area contributed by atoms with Crippen molar-refractivity contribution in [3.63, 3.8) is 0 Å². The van der Waals surface area contributed by atoms with Crippen LogP contribution in [0.25, 0.3) is 0 Å². The molecule has 11 heavy (non-hydrogen) atoms. The molecule has 0 amide bonds. The van der Waals surface area contributed by atoms with Crippen LogP contribution in [0.15, 0.2) is 0 Å². The monoisotopic (exact) mass is 187 g/mol. The van der Waals surface area contributed by atoms with Gasteiger partial charge in [-0.3, -0.25) is 0 Å². The first-order chi connectivity index (χ1) is 4.73. The Morgan fingerprint density at radius 3 is 1.91 bits per heavy atom. The Labute approximate surface area is 61.3 Å². The molecule has 0 rings (SSSR count). The highest BCUT2D eigenvalue weighted by Gasteiger charge is 2.49. The first-order valence-corrected chi connectivity index (χ1v) is 3.98.